The summed E-state index contributed by atoms with van der Waals surface area (Å²) in [4.78, 5) is 26.6. The summed E-state index contributed by atoms with van der Waals surface area (Å²) in [6.45, 7) is 6.86. The van der Waals surface area contributed by atoms with Crippen LogP contribution in [0.2, 0.25) is 5.02 Å². The average molecular weight is 493 g/mol. The van der Waals surface area contributed by atoms with Crippen molar-refractivity contribution in [2.45, 2.75) is 17.9 Å². The molecule has 0 N–H and O–H groups in total. The van der Waals surface area contributed by atoms with E-state index >= 15 is 0 Å². The molecule has 33 heavy (non-hydrogen) atoms. The molecule has 1 atom stereocenters. The number of ether oxygens (including phenoxy) is 2. The van der Waals surface area contributed by atoms with Gasteiger partial charge in [0.15, 0.2) is 6.10 Å². The predicted octanol–water partition coefficient (Wildman–Crippen LogP) is 3.13. The van der Waals surface area contributed by atoms with Crippen LogP contribution in [0.5, 0.6) is 0 Å². The Morgan fingerprint density at radius 3 is 2.52 bits per heavy atom. The minimum atomic E-state index is -4.02. The molecular weight excluding hydrogens is 468 g/mol. The predicted molar refractivity (Wildman–Crippen MR) is 125 cm³/mol. The van der Waals surface area contributed by atoms with Crippen LogP contribution >= 0.6 is 11.6 Å². The first-order chi connectivity index (χ1) is 15.7. The minimum absolute atomic E-state index is 0.0176. The Balaban J connectivity index is 1.80. The number of carbonyl (C=O) groups excluding carboxylic acids is 2. The highest BCUT2D eigenvalue weighted by atomic mass is 35.5. The first-order valence-electron chi connectivity index (χ1n) is 10.3. The Bertz CT molecular complexity index is 1110. The number of hydrogen-bond acceptors (Lipinski definition) is 6. The molecule has 0 radical (unpaired) electrons. The second kappa shape index (κ2) is 10.8. The quantitative estimate of drug-likeness (QED) is 0.415. The number of benzene rings is 2. The second-order valence-corrected chi connectivity index (χ2v) is 9.61. The third kappa shape index (κ3) is 5.93. The normalized spacial score (nSPS) is 14.9. The van der Waals surface area contributed by atoms with E-state index < -0.39 is 22.1 Å². The Morgan fingerprint density at radius 2 is 1.88 bits per heavy atom. The topological polar surface area (TPSA) is 93.2 Å². The molecule has 1 amide bonds. The van der Waals surface area contributed by atoms with E-state index in [2.05, 4.69) is 6.58 Å². The summed E-state index contributed by atoms with van der Waals surface area (Å²) in [5, 5.41) is 0.472. The van der Waals surface area contributed by atoms with Gasteiger partial charge in [-0.1, -0.05) is 23.7 Å². The van der Waals surface area contributed by atoms with Crippen molar-refractivity contribution in [1.82, 2.24) is 4.90 Å². The number of esters is 1. The number of carbonyl (C=O) groups is 2. The number of nitrogens with zero attached hydrogens (tertiary/aromatic N) is 2. The third-order valence-corrected chi connectivity index (χ3v) is 7.06. The van der Waals surface area contributed by atoms with Crippen molar-refractivity contribution < 1.29 is 27.5 Å². The number of rotatable bonds is 8. The van der Waals surface area contributed by atoms with Crippen molar-refractivity contribution in [3.05, 3.63) is 71.8 Å². The van der Waals surface area contributed by atoms with Crippen molar-refractivity contribution in [2.75, 3.05) is 37.2 Å². The van der Waals surface area contributed by atoms with E-state index in [1.165, 1.54) is 37.3 Å². The standard InChI is InChI=1S/C23H25ClN2O6S/c1-3-11-26(20-9-7-19(24)8-10-20)33(29,30)21-6-4-5-18(16-21)23(28)32-17(2)22(27)25-12-14-31-15-13-25/h3-10,16-17H,1,11-15H2,2H3. The molecule has 0 aliphatic carbocycles. The maximum absolute atomic E-state index is 13.3. The number of morpholine rings is 1. The second-order valence-electron chi connectivity index (χ2n) is 7.31. The Hall–Kier alpha value is -2.88. The fraction of sp³-hybridized carbons (Fsp3) is 0.304. The zero-order valence-corrected chi connectivity index (χ0v) is 19.7. The van der Waals surface area contributed by atoms with Gasteiger partial charge in [0.1, 0.15) is 0 Å². The number of hydrogen-bond donors (Lipinski definition) is 0. The zero-order chi connectivity index (χ0) is 24.0. The lowest BCUT2D eigenvalue weighted by atomic mass is 10.2. The first kappa shape index (κ1) is 24.8. The average Bonchev–Trinajstić information content (AvgIpc) is 2.83. The summed E-state index contributed by atoms with van der Waals surface area (Å²) in [5.74, 6) is -1.11. The molecule has 1 fully saturated rings. The third-order valence-electron chi connectivity index (χ3n) is 5.02. The summed E-state index contributed by atoms with van der Waals surface area (Å²) >= 11 is 5.92. The largest absolute Gasteiger partial charge is 0.449 e. The smallest absolute Gasteiger partial charge is 0.338 e. The molecule has 1 aliphatic rings. The minimum Gasteiger partial charge on any atom is -0.449 e. The van der Waals surface area contributed by atoms with Gasteiger partial charge in [-0.2, -0.15) is 0 Å². The van der Waals surface area contributed by atoms with Gasteiger partial charge in [-0.25, -0.2) is 13.2 Å². The van der Waals surface area contributed by atoms with E-state index in [1.807, 2.05) is 0 Å². The molecule has 0 spiro atoms. The van der Waals surface area contributed by atoms with Gasteiger partial charge in [0.25, 0.3) is 15.9 Å². The summed E-state index contributed by atoms with van der Waals surface area (Å²) < 4.78 is 38.4. The summed E-state index contributed by atoms with van der Waals surface area (Å²) in [6.07, 6.45) is 0.450. The molecule has 2 aromatic carbocycles. The maximum Gasteiger partial charge on any atom is 0.338 e. The Kier molecular flexibility index (Phi) is 8.12. The molecule has 2 aromatic rings. The highest BCUT2D eigenvalue weighted by molar-refractivity contribution is 7.92. The highest BCUT2D eigenvalue weighted by Crippen LogP contribution is 2.26. The molecular formula is C23H25ClN2O6S. The fourth-order valence-electron chi connectivity index (χ4n) is 3.30. The number of sulfonamides is 1. The molecule has 0 bridgehead atoms. The van der Waals surface area contributed by atoms with Crippen LogP contribution < -0.4 is 4.31 Å². The van der Waals surface area contributed by atoms with Gasteiger partial charge in [0.2, 0.25) is 0 Å². The maximum atomic E-state index is 13.3. The van der Waals surface area contributed by atoms with Crippen molar-refractivity contribution in [1.29, 1.82) is 0 Å². The fourth-order valence-corrected chi connectivity index (χ4v) is 4.91. The van der Waals surface area contributed by atoms with Gasteiger partial charge >= 0.3 is 5.97 Å². The Labute approximate surface area is 198 Å². The molecule has 1 aliphatic heterocycles. The van der Waals surface area contributed by atoms with Crippen LogP contribution in [0.1, 0.15) is 17.3 Å². The lowest BCUT2D eigenvalue weighted by Crippen LogP contribution is -2.46. The van der Waals surface area contributed by atoms with E-state index in [0.717, 1.165) is 4.31 Å². The van der Waals surface area contributed by atoms with E-state index in [-0.39, 0.29) is 22.9 Å². The molecule has 3 rings (SSSR count). The van der Waals surface area contributed by atoms with E-state index in [0.29, 0.717) is 37.0 Å². The van der Waals surface area contributed by atoms with Gasteiger partial charge in [-0.05, 0) is 49.4 Å². The van der Waals surface area contributed by atoms with Crippen LogP contribution in [0.4, 0.5) is 5.69 Å². The van der Waals surface area contributed by atoms with Crippen LogP contribution in [-0.4, -0.2) is 64.1 Å². The van der Waals surface area contributed by atoms with Gasteiger partial charge < -0.3 is 14.4 Å². The van der Waals surface area contributed by atoms with Crippen LogP contribution in [0.3, 0.4) is 0 Å². The van der Waals surface area contributed by atoms with Gasteiger partial charge in [0, 0.05) is 18.1 Å². The first-order valence-corrected chi connectivity index (χ1v) is 12.1. The van der Waals surface area contributed by atoms with Crippen molar-refractivity contribution in [3.63, 3.8) is 0 Å². The van der Waals surface area contributed by atoms with E-state index in [1.54, 1.807) is 29.2 Å². The van der Waals surface area contributed by atoms with Crippen LogP contribution in [0.15, 0.2) is 66.1 Å². The summed E-state index contributed by atoms with van der Waals surface area (Å²) in [6, 6.07) is 11.8. The monoisotopic (exact) mass is 492 g/mol. The lowest BCUT2D eigenvalue weighted by molar-refractivity contribution is -0.143. The SMILES string of the molecule is C=CCN(c1ccc(Cl)cc1)S(=O)(=O)c1cccc(C(=O)OC(C)C(=O)N2CCOCC2)c1. The molecule has 0 saturated carbocycles. The molecule has 0 aromatic heterocycles. The van der Waals surface area contributed by atoms with Gasteiger partial charge in [-0.3, -0.25) is 9.10 Å². The lowest BCUT2D eigenvalue weighted by Gasteiger charge is -2.29. The number of amides is 1. The van der Waals surface area contributed by atoms with Crippen LogP contribution in [0, 0.1) is 0 Å². The molecule has 1 saturated heterocycles. The van der Waals surface area contributed by atoms with Crippen molar-refractivity contribution in [3.8, 4) is 0 Å². The van der Waals surface area contributed by atoms with Gasteiger partial charge in [0.05, 0.1) is 35.9 Å². The molecule has 1 unspecified atom stereocenters. The van der Waals surface area contributed by atoms with E-state index in [9.17, 15) is 18.0 Å². The molecule has 176 valence electrons. The van der Waals surface area contributed by atoms with Crippen molar-refractivity contribution >= 4 is 39.2 Å². The highest BCUT2D eigenvalue weighted by Gasteiger charge is 2.28. The summed E-state index contributed by atoms with van der Waals surface area (Å²) in [5.41, 5.74) is 0.421. The zero-order valence-electron chi connectivity index (χ0n) is 18.1. The Morgan fingerprint density at radius 1 is 1.21 bits per heavy atom. The number of anilines is 1. The van der Waals surface area contributed by atoms with Crippen molar-refractivity contribution in [2.24, 2.45) is 0 Å². The van der Waals surface area contributed by atoms with E-state index in [4.69, 9.17) is 21.1 Å². The number of halogens is 1. The molecule has 10 heteroatoms. The van der Waals surface area contributed by atoms with Crippen LogP contribution in [-0.2, 0) is 24.3 Å². The summed E-state index contributed by atoms with van der Waals surface area (Å²) in [7, 11) is -4.02. The molecule has 1 heterocycles. The van der Waals surface area contributed by atoms with Gasteiger partial charge in [-0.15, -0.1) is 6.58 Å². The van der Waals surface area contributed by atoms with Crippen LogP contribution in [0.25, 0.3) is 0 Å². The molecule has 8 nitrogen and oxygen atoms in total.